The molecule has 0 rings (SSSR count). The van der Waals surface area contributed by atoms with E-state index in [1.54, 1.807) is 14.2 Å². The zero-order chi connectivity index (χ0) is 14.0. The highest BCUT2D eigenvalue weighted by Gasteiger charge is 2.18. The summed E-state index contributed by atoms with van der Waals surface area (Å²) in [5, 5.41) is 2.72. The molecule has 0 aliphatic heterocycles. The number of likely N-dealkylation sites (N-methyl/N-ethyl adjacent to an activating group) is 1. The van der Waals surface area contributed by atoms with Crippen LogP contribution in [0.15, 0.2) is 0 Å². The number of rotatable bonds is 9. The molecule has 0 aromatic heterocycles. The van der Waals surface area contributed by atoms with Crippen molar-refractivity contribution in [3.8, 4) is 0 Å². The highest BCUT2D eigenvalue weighted by molar-refractivity contribution is 5.87. The fourth-order valence-electron chi connectivity index (χ4n) is 1.51. The Morgan fingerprint density at radius 2 is 2.11 bits per heavy atom. The zero-order valence-electron chi connectivity index (χ0n) is 11.6. The lowest BCUT2D eigenvalue weighted by Crippen LogP contribution is -2.46. The van der Waals surface area contributed by atoms with Gasteiger partial charge in [0.15, 0.2) is 0 Å². The summed E-state index contributed by atoms with van der Waals surface area (Å²) in [6, 6.07) is -0.513. The standard InChI is InChI=1S/C12H25N3O3/c1-4-6-10(13)12(17)15(2)9-11(16)14-7-5-8-18-3/h10H,4-9,13H2,1-3H3,(H,14,16). The molecule has 18 heavy (non-hydrogen) atoms. The first-order chi connectivity index (χ1) is 8.52. The van der Waals surface area contributed by atoms with E-state index in [4.69, 9.17) is 10.5 Å². The number of methoxy groups -OCH3 is 1. The van der Waals surface area contributed by atoms with Gasteiger partial charge in [-0.05, 0) is 12.8 Å². The van der Waals surface area contributed by atoms with Crippen LogP contribution in [0.4, 0.5) is 0 Å². The number of carbonyl (C=O) groups is 2. The third-order valence-electron chi connectivity index (χ3n) is 2.52. The summed E-state index contributed by atoms with van der Waals surface area (Å²) in [4.78, 5) is 24.6. The molecule has 0 spiro atoms. The van der Waals surface area contributed by atoms with Crippen molar-refractivity contribution in [1.82, 2.24) is 10.2 Å². The molecule has 0 radical (unpaired) electrons. The zero-order valence-corrected chi connectivity index (χ0v) is 11.6. The van der Waals surface area contributed by atoms with Crippen molar-refractivity contribution in [2.24, 2.45) is 5.73 Å². The molecule has 3 N–H and O–H groups in total. The van der Waals surface area contributed by atoms with Gasteiger partial charge in [0.1, 0.15) is 0 Å². The maximum absolute atomic E-state index is 11.7. The Morgan fingerprint density at radius 1 is 1.44 bits per heavy atom. The van der Waals surface area contributed by atoms with E-state index < -0.39 is 6.04 Å². The maximum Gasteiger partial charge on any atom is 0.239 e. The average Bonchev–Trinajstić information content (AvgIpc) is 2.34. The van der Waals surface area contributed by atoms with Gasteiger partial charge in [-0.15, -0.1) is 0 Å². The van der Waals surface area contributed by atoms with Crippen molar-refractivity contribution in [3.05, 3.63) is 0 Å². The number of nitrogens with zero attached hydrogens (tertiary/aromatic N) is 1. The second kappa shape index (κ2) is 9.85. The Labute approximate surface area is 109 Å². The molecule has 0 aliphatic rings. The van der Waals surface area contributed by atoms with Crippen molar-refractivity contribution >= 4 is 11.8 Å². The molecule has 0 saturated carbocycles. The van der Waals surface area contributed by atoms with Gasteiger partial charge in [0.05, 0.1) is 12.6 Å². The lowest BCUT2D eigenvalue weighted by Gasteiger charge is -2.20. The van der Waals surface area contributed by atoms with Gasteiger partial charge in [0.2, 0.25) is 11.8 Å². The van der Waals surface area contributed by atoms with Crippen LogP contribution < -0.4 is 11.1 Å². The summed E-state index contributed by atoms with van der Waals surface area (Å²) >= 11 is 0. The molecule has 1 unspecified atom stereocenters. The Bertz CT molecular complexity index is 259. The fourth-order valence-corrected chi connectivity index (χ4v) is 1.51. The minimum Gasteiger partial charge on any atom is -0.385 e. The molecule has 6 heteroatoms. The second-order valence-corrected chi connectivity index (χ2v) is 4.29. The number of hydrogen-bond donors (Lipinski definition) is 2. The van der Waals surface area contributed by atoms with Crippen LogP contribution in [0.3, 0.4) is 0 Å². The molecule has 0 fully saturated rings. The highest BCUT2D eigenvalue weighted by atomic mass is 16.5. The molecule has 0 bridgehead atoms. The van der Waals surface area contributed by atoms with Crippen molar-refractivity contribution in [2.75, 3.05) is 33.9 Å². The van der Waals surface area contributed by atoms with Gasteiger partial charge in [-0.3, -0.25) is 9.59 Å². The van der Waals surface area contributed by atoms with Crippen LogP contribution >= 0.6 is 0 Å². The third-order valence-corrected chi connectivity index (χ3v) is 2.52. The van der Waals surface area contributed by atoms with Gasteiger partial charge in [-0.1, -0.05) is 13.3 Å². The predicted molar refractivity (Wildman–Crippen MR) is 70.0 cm³/mol. The summed E-state index contributed by atoms with van der Waals surface area (Å²) in [5.41, 5.74) is 5.70. The van der Waals surface area contributed by atoms with E-state index in [1.807, 2.05) is 6.92 Å². The van der Waals surface area contributed by atoms with E-state index in [0.717, 1.165) is 12.8 Å². The van der Waals surface area contributed by atoms with Crippen molar-refractivity contribution < 1.29 is 14.3 Å². The van der Waals surface area contributed by atoms with Crippen LogP contribution in [0, 0.1) is 0 Å². The van der Waals surface area contributed by atoms with Gasteiger partial charge < -0.3 is 20.7 Å². The molecular formula is C12H25N3O3. The number of carbonyl (C=O) groups excluding carboxylic acids is 2. The van der Waals surface area contributed by atoms with E-state index in [0.29, 0.717) is 19.6 Å². The largest absolute Gasteiger partial charge is 0.385 e. The van der Waals surface area contributed by atoms with Crippen molar-refractivity contribution in [3.63, 3.8) is 0 Å². The Hall–Kier alpha value is -1.14. The number of nitrogens with two attached hydrogens (primary N) is 1. The van der Waals surface area contributed by atoms with E-state index in [9.17, 15) is 9.59 Å². The van der Waals surface area contributed by atoms with E-state index in [2.05, 4.69) is 5.32 Å². The smallest absolute Gasteiger partial charge is 0.239 e. The molecule has 6 nitrogen and oxygen atoms in total. The van der Waals surface area contributed by atoms with Crippen LogP contribution in [-0.2, 0) is 14.3 Å². The van der Waals surface area contributed by atoms with Crippen molar-refractivity contribution in [1.29, 1.82) is 0 Å². The van der Waals surface area contributed by atoms with Gasteiger partial charge >= 0.3 is 0 Å². The van der Waals surface area contributed by atoms with Crippen LogP contribution in [-0.4, -0.2) is 56.6 Å². The Kier molecular flexibility index (Phi) is 9.22. The highest BCUT2D eigenvalue weighted by Crippen LogP contribution is 1.97. The monoisotopic (exact) mass is 259 g/mol. The molecular weight excluding hydrogens is 234 g/mol. The molecule has 0 saturated heterocycles. The summed E-state index contributed by atoms with van der Waals surface area (Å²) in [6.07, 6.45) is 2.25. The van der Waals surface area contributed by atoms with Gasteiger partial charge in [0.25, 0.3) is 0 Å². The van der Waals surface area contributed by atoms with Crippen molar-refractivity contribution in [2.45, 2.75) is 32.2 Å². The Morgan fingerprint density at radius 3 is 2.67 bits per heavy atom. The van der Waals surface area contributed by atoms with Gasteiger partial charge in [-0.25, -0.2) is 0 Å². The molecule has 1 atom stereocenters. The van der Waals surface area contributed by atoms with E-state index in [-0.39, 0.29) is 18.4 Å². The van der Waals surface area contributed by atoms with Crippen LogP contribution in [0.25, 0.3) is 0 Å². The number of hydrogen-bond acceptors (Lipinski definition) is 4. The average molecular weight is 259 g/mol. The summed E-state index contributed by atoms with van der Waals surface area (Å²) < 4.78 is 4.87. The van der Waals surface area contributed by atoms with Crippen LogP contribution in [0.5, 0.6) is 0 Å². The van der Waals surface area contributed by atoms with Crippen LogP contribution in [0.1, 0.15) is 26.2 Å². The second-order valence-electron chi connectivity index (χ2n) is 4.29. The van der Waals surface area contributed by atoms with Crippen LogP contribution in [0.2, 0.25) is 0 Å². The molecule has 2 amide bonds. The Balaban J connectivity index is 3.88. The summed E-state index contributed by atoms with van der Waals surface area (Å²) in [5.74, 6) is -0.366. The first-order valence-corrected chi connectivity index (χ1v) is 6.29. The number of nitrogens with one attached hydrogen (secondary N) is 1. The number of ether oxygens (including phenoxy) is 1. The normalized spacial score (nSPS) is 12.0. The quantitative estimate of drug-likeness (QED) is 0.558. The molecule has 0 aromatic carbocycles. The lowest BCUT2D eigenvalue weighted by molar-refractivity contribution is -0.135. The summed E-state index contributed by atoms with van der Waals surface area (Å²) in [7, 11) is 3.20. The molecule has 106 valence electrons. The first-order valence-electron chi connectivity index (χ1n) is 6.29. The molecule has 0 heterocycles. The summed E-state index contributed by atoms with van der Waals surface area (Å²) in [6.45, 7) is 3.17. The third kappa shape index (κ3) is 7.24. The maximum atomic E-state index is 11.7. The molecule has 0 aromatic rings. The lowest BCUT2D eigenvalue weighted by atomic mass is 10.1. The SMILES string of the molecule is CCCC(N)C(=O)N(C)CC(=O)NCCCOC. The van der Waals surface area contributed by atoms with Gasteiger partial charge in [0, 0.05) is 27.3 Å². The fraction of sp³-hybridized carbons (Fsp3) is 0.833. The number of amides is 2. The minimum absolute atomic E-state index is 0.0449. The molecule has 0 aliphatic carbocycles. The minimum atomic E-state index is -0.513. The van der Waals surface area contributed by atoms with E-state index >= 15 is 0 Å². The predicted octanol–water partition coefficient (Wildman–Crippen LogP) is -0.275. The first kappa shape index (κ1) is 16.9. The van der Waals surface area contributed by atoms with E-state index in [1.165, 1.54) is 4.90 Å². The topological polar surface area (TPSA) is 84.7 Å². The van der Waals surface area contributed by atoms with Gasteiger partial charge in [-0.2, -0.15) is 0 Å².